The Labute approximate surface area is 103 Å². The number of nitro groups is 1. The summed E-state index contributed by atoms with van der Waals surface area (Å²) < 4.78 is 4.50. The first-order valence-electron chi connectivity index (χ1n) is 5.31. The van der Waals surface area contributed by atoms with Crippen LogP contribution < -0.4 is 0 Å². The standard InChI is InChI=1S/C10H15NO5S/c1-16-9(13)5-3-2-4-8-10(11(14)15)7(12)6-17-8/h8,12H,2-6H2,1H3. The highest BCUT2D eigenvalue weighted by Crippen LogP contribution is 2.34. The van der Waals surface area contributed by atoms with E-state index >= 15 is 0 Å². The van der Waals surface area contributed by atoms with Crippen LogP contribution in [0.5, 0.6) is 0 Å². The van der Waals surface area contributed by atoms with Crippen LogP contribution in [-0.2, 0) is 9.53 Å². The summed E-state index contributed by atoms with van der Waals surface area (Å²) in [5, 5.41) is 19.8. The van der Waals surface area contributed by atoms with Gasteiger partial charge in [0.15, 0.2) is 5.76 Å². The summed E-state index contributed by atoms with van der Waals surface area (Å²) in [6.45, 7) is 0. The van der Waals surface area contributed by atoms with Gasteiger partial charge in [-0.05, 0) is 12.8 Å². The number of hydrogen-bond acceptors (Lipinski definition) is 6. The zero-order valence-corrected chi connectivity index (χ0v) is 10.4. The number of thioether (sulfide) groups is 1. The molecule has 0 spiro atoms. The SMILES string of the molecule is COC(=O)CCCCC1SCC(O)=C1[N+](=O)[O-]. The Morgan fingerprint density at radius 2 is 2.35 bits per heavy atom. The molecule has 0 saturated carbocycles. The molecule has 0 radical (unpaired) electrons. The van der Waals surface area contributed by atoms with Gasteiger partial charge in [-0.2, -0.15) is 0 Å². The fourth-order valence-corrected chi connectivity index (χ4v) is 2.88. The molecule has 7 heteroatoms. The fourth-order valence-electron chi connectivity index (χ4n) is 1.66. The highest BCUT2D eigenvalue weighted by Gasteiger charge is 2.35. The van der Waals surface area contributed by atoms with Gasteiger partial charge in [0.2, 0.25) is 0 Å². The van der Waals surface area contributed by atoms with Crippen molar-refractivity contribution in [3.63, 3.8) is 0 Å². The average Bonchev–Trinajstić information content (AvgIpc) is 2.65. The largest absolute Gasteiger partial charge is 0.505 e. The topological polar surface area (TPSA) is 89.7 Å². The monoisotopic (exact) mass is 261 g/mol. The summed E-state index contributed by atoms with van der Waals surface area (Å²) in [5.41, 5.74) is -0.0759. The highest BCUT2D eigenvalue weighted by molar-refractivity contribution is 8.00. The van der Waals surface area contributed by atoms with Gasteiger partial charge in [0.1, 0.15) is 0 Å². The van der Waals surface area contributed by atoms with Crippen LogP contribution in [0.4, 0.5) is 0 Å². The number of carbonyl (C=O) groups is 1. The first kappa shape index (κ1) is 13.8. The van der Waals surface area contributed by atoms with Crippen LogP contribution in [0.15, 0.2) is 11.5 Å². The molecule has 0 aromatic heterocycles. The van der Waals surface area contributed by atoms with E-state index in [2.05, 4.69) is 4.74 Å². The second-order valence-electron chi connectivity index (χ2n) is 3.71. The first-order chi connectivity index (χ1) is 8.06. The van der Waals surface area contributed by atoms with E-state index < -0.39 is 4.92 Å². The van der Waals surface area contributed by atoms with E-state index in [1.165, 1.54) is 18.9 Å². The number of carbonyl (C=O) groups excluding carboxylic acids is 1. The van der Waals surface area contributed by atoms with Crippen LogP contribution in [0.3, 0.4) is 0 Å². The third-order valence-corrected chi connectivity index (χ3v) is 3.84. The van der Waals surface area contributed by atoms with Crippen molar-refractivity contribution in [3.8, 4) is 0 Å². The second-order valence-corrected chi connectivity index (χ2v) is 4.90. The van der Waals surface area contributed by atoms with Gasteiger partial charge in [-0.15, -0.1) is 11.8 Å². The van der Waals surface area contributed by atoms with E-state index in [9.17, 15) is 20.0 Å². The van der Waals surface area contributed by atoms with Gasteiger partial charge in [-0.1, -0.05) is 6.42 Å². The molecule has 1 rings (SSSR count). The van der Waals surface area contributed by atoms with Gasteiger partial charge in [-0.3, -0.25) is 14.9 Å². The molecule has 1 atom stereocenters. The maximum Gasteiger partial charge on any atom is 0.305 e. The van der Waals surface area contributed by atoms with Gasteiger partial charge >= 0.3 is 5.97 Å². The molecule has 0 aliphatic carbocycles. The van der Waals surface area contributed by atoms with Crippen molar-refractivity contribution in [2.75, 3.05) is 12.9 Å². The molecule has 0 fully saturated rings. The molecule has 6 nitrogen and oxygen atoms in total. The highest BCUT2D eigenvalue weighted by atomic mass is 32.2. The van der Waals surface area contributed by atoms with E-state index in [1.807, 2.05) is 0 Å². The molecular formula is C10H15NO5S. The number of aliphatic hydroxyl groups is 1. The third kappa shape index (κ3) is 3.92. The van der Waals surface area contributed by atoms with Crippen molar-refractivity contribution in [1.82, 2.24) is 0 Å². The lowest BCUT2D eigenvalue weighted by atomic mass is 10.1. The van der Waals surface area contributed by atoms with Crippen molar-refractivity contribution in [2.24, 2.45) is 0 Å². The number of hydrogen-bond donors (Lipinski definition) is 1. The Balaban J connectivity index is 2.33. The van der Waals surface area contributed by atoms with Crippen molar-refractivity contribution >= 4 is 17.7 Å². The molecule has 17 heavy (non-hydrogen) atoms. The number of nitrogens with zero attached hydrogens (tertiary/aromatic N) is 1. The fraction of sp³-hybridized carbons (Fsp3) is 0.700. The number of unbranched alkanes of at least 4 members (excludes halogenated alkanes) is 1. The minimum absolute atomic E-state index is 0.0759. The lowest BCUT2D eigenvalue weighted by Gasteiger charge is -2.06. The molecule has 0 bridgehead atoms. The molecule has 0 saturated heterocycles. The third-order valence-electron chi connectivity index (χ3n) is 2.54. The van der Waals surface area contributed by atoms with Crippen LogP contribution in [0.1, 0.15) is 25.7 Å². The molecule has 1 heterocycles. The van der Waals surface area contributed by atoms with Gasteiger partial charge in [0, 0.05) is 6.42 Å². The predicted molar refractivity (Wildman–Crippen MR) is 63.4 cm³/mol. The zero-order valence-electron chi connectivity index (χ0n) is 9.55. The number of aliphatic hydroxyl groups excluding tert-OH is 1. The average molecular weight is 261 g/mol. The van der Waals surface area contributed by atoms with Gasteiger partial charge < -0.3 is 9.84 Å². The Kier molecular flexibility index (Phi) is 5.27. The predicted octanol–water partition coefficient (Wildman–Crippen LogP) is 1.88. The minimum Gasteiger partial charge on any atom is -0.505 e. The van der Waals surface area contributed by atoms with E-state index in [4.69, 9.17) is 0 Å². The molecule has 1 unspecified atom stereocenters. The van der Waals surface area contributed by atoms with Gasteiger partial charge in [0.05, 0.1) is 23.0 Å². The number of rotatable bonds is 6. The first-order valence-corrected chi connectivity index (χ1v) is 6.36. The van der Waals surface area contributed by atoms with Gasteiger partial charge in [0.25, 0.3) is 5.70 Å². The molecule has 1 aliphatic rings. The summed E-state index contributed by atoms with van der Waals surface area (Å²) in [4.78, 5) is 21.0. The van der Waals surface area contributed by atoms with Crippen LogP contribution in [0, 0.1) is 10.1 Å². The summed E-state index contributed by atoms with van der Waals surface area (Å²) in [7, 11) is 1.33. The number of methoxy groups -OCH3 is 1. The van der Waals surface area contributed by atoms with Crippen LogP contribution in [-0.4, -0.2) is 34.1 Å². The summed E-state index contributed by atoms with van der Waals surface area (Å²) in [6.07, 6.45) is 2.28. The Bertz CT molecular complexity index is 342. The van der Waals surface area contributed by atoms with E-state index in [0.717, 1.165) is 0 Å². The summed E-state index contributed by atoms with van der Waals surface area (Å²) in [6, 6.07) is 0. The van der Waals surface area contributed by atoms with Crippen LogP contribution >= 0.6 is 11.8 Å². The Morgan fingerprint density at radius 3 is 2.94 bits per heavy atom. The van der Waals surface area contributed by atoms with Gasteiger partial charge in [-0.25, -0.2) is 0 Å². The molecule has 1 aliphatic heterocycles. The Morgan fingerprint density at radius 1 is 1.65 bits per heavy atom. The van der Waals surface area contributed by atoms with Crippen molar-refractivity contribution < 1.29 is 19.6 Å². The smallest absolute Gasteiger partial charge is 0.305 e. The van der Waals surface area contributed by atoms with E-state index in [-0.39, 0.29) is 22.7 Å². The quantitative estimate of drug-likeness (QED) is 0.340. The van der Waals surface area contributed by atoms with Crippen molar-refractivity contribution in [1.29, 1.82) is 0 Å². The molecule has 1 N–H and O–H groups in total. The van der Waals surface area contributed by atoms with Crippen molar-refractivity contribution in [2.45, 2.75) is 30.9 Å². The molecular weight excluding hydrogens is 246 g/mol. The van der Waals surface area contributed by atoms with Crippen LogP contribution in [0.25, 0.3) is 0 Å². The van der Waals surface area contributed by atoms with Crippen molar-refractivity contribution in [3.05, 3.63) is 21.6 Å². The maximum atomic E-state index is 10.8. The lowest BCUT2D eigenvalue weighted by Crippen LogP contribution is -2.12. The number of esters is 1. The summed E-state index contributed by atoms with van der Waals surface area (Å²) >= 11 is 1.37. The zero-order chi connectivity index (χ0) is 12.8. The van der Waals surface area contributed by atoms with E-state index in [0.29, 0.717) is 31.4 Å². The van der Waals surface area contributed by atoms with Crippen LogP contribution in [0.2, 0.25) is 0 Å². The maximum absolute atomic E-state index is 10.8. The number of ether oxygens (including phenoxy) is 1. The normalized spacial score (nSPS) is 19.5. The second kappa shape index (κ2) is 6.48. The minimum atomic E-state index is -0.514. The summed E-state index contributed by atoms with van der Waals surface area (Å²) in [5.74, 6) is -0.0900. The lowest BCUT2D eigenvalue weighted by molar-refractivity contribution is -0.429. The van der Waals surface area contributed by atoms with E-state index in [1.54, 1.807) is 0 Å². The molecule has 0 aromatic carbocycles. The molecule has 0 aromatic rings. The molecule has 0 amide bonds. The molecule has 96 valence electrons. The Hall–Kier alpha value is -1.24.